The first-order chi connectivity index (χ1) is 8.20. The summed E-state index contributed by atoms with van der Waals surface area (Å²) in [5.41, 5.74) is 6.18. The highest BCUT2D eigenvalue weighted by atomic mass is 79.9. The van der Waals surface area contributed by atoms with E-state index in [0.29, 0.717) is 11.1 Å². The van der Waals surface area contributed by atoms with Crippen LogP contribution in [0, 0.1) is 5.82 Å². The van der Waals surface area contributed by atoms with Crippen molar-refractivity contribution in [3.05, 3.63) is 28.0 Å². The Morgan fingerprint density at radius 3 is 2.71 bits per heavy atom. The Bertz CT molecular complexity index is 361. The third kappa shape index (κ3) is 4.26. The summed E-state index contributed by atoms with van der Waals surface area (Å²) >= 11 is 3.16. The molecule has 0 bridgehead atoms. The first-order valence-corrected chi connectivity index (χ1v) is 6.40. The van der Waals surface area contributed by atoms with E-state index in [4.69, 9.17) is 15.6 Å². The highest BCUT2D eigenvalue weighted by molar-refractivity contribution is 9.10. The number of aliphatic hydroxyl groups is 1. The number of unbranched alkanes of at least 4 members (excludes halogenated alkanes) is 2. The fraction of sp³-hybridized carbons (Fsp3) is 0.500. The maximum atomic E-state index is 13.8. The molecule has 0 spiro atoms. The van der Waals surface area contributed by atoms with E-state index in [0.717, 1.165) is 24.8 Å². The van der Waals surface area contributed by atoms with Gasteiger partial charge in [-0.05, 0) is 46.8 Å². The Labute approximate surface area is 109 Å². The van der Waals surface area contributed by atoms with E-state index in [1.807, 2.05) is 0 Å². The van der Waals surface area contributed by atoms with Crippen LogP contribution in [0.1, 0.15) is 24.8 Å². The molecule has 0 saturated heterocycles. The third-order valence-electron chi connectivity index (χ3n) is 2.41. The van der Waals surface area contributed by atoms with Gasteiger partial charge in [0, 0.05) is 13.2 Å². The summed E-state index contributed by atoms with van der Waals surface area (Å²) < 4.78 is 19.5. The number of aliphatic hydroxyl groups excluding tert-OH is 1. The molecule has 0 amide bonds. The average Bonchev–Trinajstić information content (AvgIpc) is 2.34. The van der Waals surface area contributed by atoms with E-state index in [9.17, 15) is 4.39 Å². The molecule has 0 aromatic heterocycles. The van der Waals surface area contributed by atoms with Gasteiger partial charge >= 0.3 is 0 Å². The fourth-order valence-electron chi connectivity index (χ4n) is 1.41. The molecule has 3 nitrogen and oxygen atoms in total. The summed E-state index contributed by atoms with van der Waals surface area (Å²) in [5.74, 6) is -0.173. The smallest absolute Gasteiger partial charge is 0.179 e. The van der Waals surface area contributed by atoms with Crippen molar-refractivity contribution >= 4 is 15.9 Å². The Morgan fingerprint density at radius 1 is 1.29 bits per heavy atom. The summed E-state index contributed by atoms with van der Waals surface area (Å²) in [6, 6.07) is 3.34. The van der Waals surface area contributed by atoms with Gasteiger partial charge < -0.3 is 15.6 Å². The van der Waals surface area contributed by atoms with Crippen molar-refractivity contribution in [2.75, 3.05) is 13.2 Å². The molecule has 1 rings (SSSR count). The highest BCUT2D eigenvalue weighted by Crippen LogP contribution is 2.28. The van der Waals surface area contributed by atoms with Gasteiger partial charge in [-0.2, -0.15) is 0 Å². The minimum atomic E-state index is -0.407. The first kappa shape index (κ1) is 14.4. The third-order valence-corrected chi connectivity index (χ3v) is 3.26. The minimum absolute atomic E-state index is 0.186. The average molecular weight is 306 g/mol. The summed E-state index contributed by atoms with van der Waals surface area (Å²) in [4.78, 5) is 0. The minimum Gasteiger partial charge on any atom is -0.490 e. The molecule has 96 valence electrons. The van der Waals surface area contributed by atoms with Crippen LogP contribution in [0.5, 0.6) is 5.75 Å². The predicted molar refractivity (Wildman–Crippen MR) is 68.4 cm³/mol. The van der Waals surface area contributed by atoms with Crippen LogP contribution in [0.4, 0.5) is 4.39 Å². The number of rotatable bonds is 7. The van der Waals surface area contributed by atoms with E-state index >= 15 is 0 Å². The molecule has 0 aliphatic carbocycles. The van der Waals surface area contributed by atoms with Crippen LogP contribution < -0.4 is 10.5 Å². The SMILES string of the molecule is NCc1ccc(OCCCCCO)c(F)c1Br. The fourth-order valence-corrected chi connectivity index (χ4v) is 1.90. The Kier molecular flexibility index (Phi) is 6.47. The maximum absolute atomic E-state index is 13.8. The molecule has 0 atom stereocenters. The number of nitrogens with two attached hydrogens (primary N) is 1. The Balaban J connectivity index is 2.51. The summed E-state index contributed by atoms with van der Waals surface area (Å²) in [6.07, 6.45) is 2.43. The lowest BCUT2D eigenvalue weighted by Crippen LogP contribution is -2.03. The molecular weight excluding hydrogens is 289 g/mol. The Hall–Kier alpha value is -0.650. The van der Waals surface area contributed by atoms with Crippen LogP contribution in [0.25, 0.3) is 0 Å². The van der Waals surface area contributed by atoms with Gasteiger partial charge in [0.1, 0.15) is 0 Å². The van der Waals surface area contributed by atoms with Crippen molar-refractivity contribution in [1.29, 1.82) is 0 Å². The summed E-state index contributed by atoms with van der Waals surface area (Å²) in [6.45, 7) is 0.921. The number of hydrogen-bond acceptors (Lipinski definition) is 3. The van der Waals surface area contributed by atoms with Gasteiger partial charge in [-0.3, -0.25) is 0 Å². The molecule has 17 heavy (non-hydrogen) atoms. The van der Waals surface area contributed by atoms with Gasteiger partial charge in [0.15, 0.2) is 11.6 Å². The van der Waals surface area contributed by atoms with Crippen molar-refractivity contribution in [2.45, 2.75) is 25.8 Å². The lowest BCUT2D eigenvalue weighted by Gasteiger charge is -2.10. The van der Waals surface area contributed by atoms with Gasteiger partial charge in [-0.15, -0.1) is 0 Å². The van der Waals surface area contributed by atoms with Gasteiger partial charge in [0.2, 0.25) is 0 Å². The molecular formula is C12H17BrFNO2. The normalized spacial score (nSPS) is 10.6. The predicted octanol–water partition coefficient (Wildman–Crippen LogP) is 2.59. The lowest BCUT2D eigenvalue weighted by atomic mass is 10.2. The van der Waals surface area contributed by atoms with Crippen molar-refractivity contribution in [1.82, 2.24) is 0 Å². The number of hydrogen-bond donors (Lipinski definition) is 2. The van der Waals surface area contributed by atoms with Gasteiger partial charge in [-0.1, -0.05) is 6.07 Å². The monoisotopic (exact) mass is 305 g/mol. The van der Waals surface area contributed by atoms with E-state index in [2.05, 4.69) is 15.9 Å². The first-order valence-electron chi connectivity index (χ1n) is 5.61. The van der Waals surface area contributed by atoms with E-state index in [1.54, 1.807) is 12.1 Å². The standard InChI is InChI=1S/C12H17BrFNO2/c13-11-9(8-15)4-5-10(12(11)14)17-7-3-1-2-6-16/h4-5,16H,1-3,6-8,15H2. The molecule has 0 saturated carbocycles. The van der Waals surface area contributed by atoms with Crippen LogP contribution in [-0.2, 0) is 6.54 Å². The molecule has 0 fully saturated rings. The van der Waals surface area contributed by atoms with Crippen LogP contribution in [0.3, 0.4) is 0 Å². The molecule has 0 aliphatic heterocycles. The second kappa shape index (κ2) is 7.63. The largest absolute Gasteiger partial charge is 0.490 e. The van der Waals surface area contributed by atoms with E-state index in [-0.39, 0.29) is 18.9 Å². The van der Waals surface area contributed by atoms with Crippen molar-refractivity contribution < 1.29 is 14.2 Å². The highest BCUT2D eigenvalue weighted by Gasteiger charge is 2.11. The van der Waals surface area contributed by atoms with E-state index < -0.39 is 5.82 Å². The maximum Gasteiger partial charge on any atom is 0.179 e. The molecule has 0 radical (unpaired) electrons. The second-order valence-electron chi connectivity index (χ2n) is 3.69. The molecule has 1 aromatic carbocycles. The van der Waals surface area contributed by atoms with E-state index in [1.165, 1.54) is 0 Å². The molecule has 0 aliphatic rings. The van der Waals surface area contributed by atoms with Gasteiger partial charge in [0.05, 0.1) is 11.1 Å². The quantitative estimate of drug-likeness (QED) is 0.761. The number of ether oxygens (including phenoxy) is 1. The zero-order valence-electron chi connectivity index (χ0n) is 9.59. The van der Waals surface area contributed by atoms with Gasteiger partial charge in [-0.25, -0.2) is 4.39 Å². The van der Waals surface area contributed by atoms with Crippen LogP contribution in [0.15, 0.2) is 16.6 Å². The molecule has 0 heterocycles. The number of halogens is 2. The zero-order chi connectivity index (χ0) is 12.7. The summed E-state index contributed by atoms with van der Waals surface area (Å²) in [7, 11) is 0. The van der Waals surface area contributed by atoms with Crippen LogP contribution in [0.2, 0.25) is 0 Å². The van der Waals surface area contributed by atoms with Crippen LogP contribution >= 0.6 is 15.9 Å². The molecule has 3 N–H and O–H groups in total. The molecule has 1 aromatic rings. The molecule has 5 heteroatoms. The summed E-state index contributed by atoms with van der Waals surface area (Å²) in [5, 5.41) is 8.60. The topological polar surface area (TPSA) is 55.5 Å². The number of benzene rings is 1. The van der Waals surface area contributed by atoms with Gasteiger partial charge in [0.25, 0.3) is 0 Å². The van der Waals surface area contributed by atoms with Crippen LogP contribution in [-0.4, -0.2) is 18.3 Å². The Morgan fingerprint density at radius 2 is 2.06 bits per heavy atom. The second-order valence-corrected chi connectivity index (χ2v) is 4.48. The lowest BCUT2D eigenvalue weighted by molar-refractivity contribution is 0.261. The van der Waals surface area contributed by atoms with Crippen molar-refractivity contribution in [3.8, 4) is 5.75 Å². The zero-order valence-corrected chi connectivity index (χ0v) is 11.2. The van der Waals surface area contributed by atoms with Crippen molar-refractivity contribution in [2.24, 2.45) is 5.73 Å². The van der Waals surface area contributed by atoms with Crippen molar-refractivity contribution in [3.63, 3.8) is 0 Å². The molecule has 0 unspecified atom stereocenters.